The number of aromatic nitrogens is 2. The van der Waals surface area contributed by atoms with Crippen LogP contribution in [0.25, 0.3) is 11.4 Å². The van der Waals surface area contributed by atoms with E-state index in [1.165, 1.54) is 0 Å². The van der Waals surface area contributed by atoms with E-state index >= 15 is 0 Å². The molecule has 5 rings (SSSR count). The number of H-pyrrole nitrogens is 1. The number of benzene rings is 2. The summed E-state index contributed by atoms with van der Waals surface area (Å²) in [5.41, 5.74) is 3.46. The van der Waals surface area contributed by atoms with Crippen molar-refractivity contribution in [2.24, 2.45) is 0 Å². The van der Waals surface area contributed by atoms with E-state index in [0.717, 1.165) is 47.0 Å². The number of para-hydroxylation sites is 1. The zero-order valence-corrected chi connectivity index (χ0v) is 15.8. The second-order valence-corrected chi connectivity index (χ2v) is 7.39. The average Bonchev–Trinajstić information content (AvgIpc) is 3.18. The van der Waals surface area contributed by atoms with Gasteiger partial charge in [0, 0.05) is 41.3 Å². The second-order valence-electron chi connectivity index (χ2n) is 6.96. The van der Waals surface area contributed by atoms with Gasteiger partial charge in [-0.15, -0.1) is 0 Å². The number of aromatic amines is 1. The summed E-state index contributed by atoms with van der Waals surface area (Å²) in [7, 11) is 0. The van der Waals surface area contributed by atoms with Crippen molar-refractivity contribution < 1.29 is 9.47 Å². The zero-order chi connectivity index (χ0) is 19.1. The van der Waals surface area contributed by atoms with E-state index in [0.29, 0.717) is 23.8 Å². The van der Waals surface area contributed by atoms with Crippen molar-refractivity contribution >= 4 is 11.6 Å². The van der Waals surface area contributed by atoms with E-state index in [1.54, 1.807) is 12.1 Å². The van der Waals surface area contributed by atoms with Crippen molar-refractivity contribution in [2.45, 2.75) is 19.5 Å². The van der Waals surface area contributed by atoms with Gasteiger partial charge in [-0.25, -0.2) is 4.98 Å². The van der Waals surface area contributed by atoms with E-state index in [1.807, 2.05) is 30.3 Å². The molecule has 142 valence electrons. The molecule has 7 heteroatoms. The van der Waals surface area contributed by atoms with Gasteiger partial charge in [0.1, 0.15) is 5.82 Å². The number of nitrogens with zero attached hydrogens (tertiary/aromatic N) is 2. The molecule has 2 aliphatic rings. The fourth-order valence-corrected chi connectivity index (χ4v) is 3.86. The standard InChI is InChI=1S/C21H18ClN3O3/c22-15-6-4-13(5-7-15)20-23-17-11-25(9-8-16(17)21(26)24-20)10-14-2-1-3-18-19(14)28-12-27-18/h1-7H,8-12H2,(H,23,24,26). The summed E-state index contributed by atoms with van der Waals surface area (Å²) in [4.78, 5) is 22.5. The Morgan fingerprint density at radius 1 is 1.14 bits per heavy atom. The predicted octanol–water partition coefficient (Wildman–Crippen LogP) is 3.38. The van der Waals surface area contributed by atoms with Crippen molar-refractivity contribution in [3.63, 3.8) is 0 Å². The summed E-state index contributed by atoms with van der Waals surface area (Å²) in [6, 6.07) is 13.2. The number of hydrogen-bond donors (Lipinski definition) is 1. The van der Waals surface area contributed by atoms with Crippen LogP contribution in [-0.2, 0) is 19.5 Å². The molecule has 2 aliphatic heterocycles. The lowest BCUT2D eigenvalue weighted by Gasteiger charge is -2.28. The van der Waals surface area contributed by atoms with Crippen LogP contribution in [0.2, 0.25) is 5.02 Å². The summed E-state index contributed by atoms with van der Waals surface area (Å²) in [5, 5.41) is 0.650. The fraction of sp³-hybridized carbons (Fsp3) is 0.238. The largest absolute Gasteiger partial charge is 0.454 e. The third-order valence-electron chi connectivity index (χ3n) is 5.14. The minimum Gasteiger partial charge on any atom is -0.454 e. The summed E-state index contributed by atoms with van der Waals surface area (Å²) in [5.74, 6) is 2.17. The molecular formula is C21H18ClN3O3. The lowest BCUT2D eigenvalue weighted by molar-refractivity contribution is 0.171. The van der Waals surface area contributed by atoms with Crippen molar-refractivity contribution in [3.05, 3.63) is 74.7 Å². The molecule has 0 bridgehead atoms. The molecule has 1 N–H and O–H groups in total. The summed E-state index contributed by atoms with van der Waals surface area (Å²) in [6.45, 7) is 2.39. The highest BCUT2D eigenvalue weighted by molar-refractivity contribution is 6.30. The van der Waals surface area contributed by atoms with Crippen molar-refractivity contribution in [3.8, 4) is 22.9 Å². The van der Waals surface area contributed by atoms with Gasteiger partial charge in [-0.05, 0) is 36.8 Å². The molecule has 1 aromatic heterocycles. The van der Waals surface area contributed by atoms with Crippen LogP contribution in [0.15, 0.2) is 47.3 Å². The van der Waals surface area contributed by atoms with Gasteiger partial charge >= 0.3 is 0 Å². The van der Waals surface area contributed by atoms with Gasteiger partial charge in [-0.2, -0.15) is 0 Å². The van der Waals surface area contributed by atoms with Crippen LogP contribution in [-0.4, -0.2) is 28.2 Å². The number of hydrogen-bond acceptors (Lipinski definition) is 5. The third kappa shape index (κ3) is 3.15. The molecule has 0 atom stereocenters. The highest BCUT2D eigenvalue weighted by atomic mass is 35.5. The summed E-state index contributed by atoms with van der Waals surface area (Å²) in [6.07, 6.45) is 0.672. The molecule has 0 unspecified atom stereocenters. The van der Waals surface area contributed by atoms with Crippen LogP contribution < -0.4 is 15.0 Å². The average molecular weight is 396 g/mol. The Bertz CT molecular complexity index is 1100. The molecule has 0 spiro atoms. The van der Waals surface area contributed by atoms with E-state index in [9.17, 15) is 4.79 Å². The van der Waals surface area contributed by atoms with Gasteiger partial charge < -0.3 is 14.5 Å². The van der Waals surface area contributed by atoms with Crippen molar-refractivity contribution in [2.75, 3.05) is 13.3 Å². The van der Waals surface area contributed by atoms with Gasteiger partial charge in [-0.3, -0.25) is 9.69 Å². The third-order valence-corrected chi connectivity index (χ3v) is 5.39. The number of ether oxygens (including phenoxy) is 2. The minimum atomic E-state index is -0.0630. The van der Waals surface area contributed by atoms with Crippen molar-refractivity contribution in [1.29, 1.82) is 0 Å². The van der Waals surface area contributed by atoms with Crippen LogP contribution in [0.1, 0.15) is 16.8 Å². The quantitative estimate of drug-likeness (QED) is 0.736. The van der Waals surface area contributed by atoms with Crippen molar-refractivity contribution in [1.82, 2.24) is 14.9 Å². The highest BCUT2D eigenvalue weighted by Crippen LogP contribution is 2.36. The van der Waals surface area contributed by atoms with E-state index in [2.05, 4.69) is 9.88 Å². The second kappa shape index (κ2) is 6.96. The topological polar surface area (TPSA) is 67.5 Å². The Hall–Kier alpha value is -2.83. The molecule has 0 saturated carbocycles. The lowest BCUT2D eigenvalue weighted by Crippen LogP contribution is -2.35. The van der Waals surface area contributed by atoms with E-state index in [4.69, 9.17) is 26.1 Å². The molecule has 2 aromatic carbocycles. The van der Waals surface area contributed by atoms with Crippen LogP contribution in [0.5, 0.6) is 11.5 Å². The van der Waals surface area contributed by atoms with Crippen LogP contribution >= 0.6 is 11.6 Å². The van der Waals surface area contributed by atoms with Gasteiger partial charge in [0.25, 0.3) is 5.56 Å². The summed E-state index contributed by atoms with van der Waals surface area (Å²) >= 11 is 5.96. The molecule has 3 aromatic rings. The number of nitrogens with one attached hydrogen (secondary N) is 1. The first-order chi connectivity index (χ1) is 13.7. The van der Waals surface area contributed by atoms with Crippen LogP contribution in [0, 0.1) is 0 Å². The van der Waals surface area contributed by atoms with Gasteiger partial charge in [0.05, 0.1) is 5.69 Å². The van der Waals surface area contributed by atoms with Crippen LogP contribution in [0.4, 0.5) is 0 Å². The maximum atomic E-state index is 12.6. The molecular weight excluding hydrogens is 378 g/mol. The first-order valence-electron chi connectivity index (χ1n) is 9.15. The number of halogens is 1. The molecule has 0 saturated heterocycles. The van der Waals surface area contributed by atoms with E-state index in [-0.39, 0.29) is 12.4 Å². The lowest BCUT2D eigenvalue weighted by atomic mass is 10.0. The predicted molar refractivity (Wildman–Crippen MR) is 106 cm³/mol. The Labute approximate surface area is 166 Å². The van der Waals surface area contributed by atoms with Crippen LogP contribution in [0.3, 0.4) is 0 Å². The molecule has 6 nitrogen and oxygen atoms in total. The first-order valence-corrected chi connectivity index (χ1v) is 9.53. The molecule has 0 fully saturated rings. The van der Waals surface area contributed by atoms with Gasteiger partial charge in [0.15, 0.2) is 11.5 Å². The first kappa shape index (κ1) is 17.3. The zero-order valence-electron chi connectivity index (χ0n) is 15.1. The Morgan fingerprint density at radius 3 is 2.86 bits per heavy atom. The molecule has 0 amide bonds. The van der Waals surface area contributed by atoms with Gasteiger partial charge in [0.2, 0.25) is 6.79 Å². The number of fused-ring (bicyclic) bond motifs is 2. The molecule has 0 radical (unpaired) electrons. The molecule has 28 heavy (non-hydrogen) atoms. The molecule has 3 heterocycles. The highest BCUT2D eigenvalue weighted by Gasteiger charge is 2.24. The Morgan fingerprint density at radius 2 is 2.00 bits per heavy atom. The minimum absolute atomic E-state index is 0.0630. The monoisotopic (exact) mass is 395 g/mol. The Balaban J connectivity index is 1.43. The summed E-state index contributed by atoms with van der Waals surface area (Å²) < 4.78 is 11.1. The SMILES string of the molecule is O=c1[nH]c(-c2ccc(Cl)cc2)nc2c1CCN(Cc1cccc3c1OCO3)C2. The maximum absolute atomic E-state index is 12.6. The Kier molecular flexibility index (Phi) is 4.30. The normalized spacial score (nSPS) is 15.5. The molecule has 0 aliphatic carbocycles. The smallest absolute Gasteiger partial charge is 0.254 e. The maximum Gasteiger partial charge on any atom is 0.254 e. The fourth-order valence-electron chi connectivity index (χ4n) is 3.73. The number of rotatable bonds is 3. The van der Waals surface area contributed by atoms with Gasteiger partial charge in [-0.1, -0.05) is 23.7 Å². The van der Waals surface area contributed by atoms with E-state index < -0.39 is 0 Å².